The van der Waals surface area contributed by atoms with Crippen LogP contribution in [0.5, 0.6) is 0 Å². The Balaban J connectivity index is 0.00000200. The Kier molecular flexibility index (Phi) is 9.74. The largest absolute Gasteiger partial charge is 0.314 e. The van der Waals surface area contributed by atoms with E-state index >= 15 is 0 Å². The minimum absolute atomic E-state index is 0. The van der Waals surface area contributed by atoms with E-state index in [2.05, 4.69) is 10.2 Å². The highest BCUT2D eigenvalue weighted by atomic mass is 35.5. The quantitative estimate of drug-likeness (QED) is 0.808. The molecule has 1 atom stereocenters. The number of hydrogen-bond donors (Lipinski definition) is 1. The van der Waals surface area contributed by atoms with Gasteiger partial charge in [0, 0.05) is 37.8 Å². The number of piperazine rings is 1. The Morgan fingerprint density at radius 2 is 1.86 bits per heavy atom. The lowest BCUT2D eigenvalue weighted by Gasteiger charge is -2.35. The standard InChI is InChI=1S/C14H19ClF2N2.2ClH/c1-2-3-12(19-8-6-18-7-9-19)13-11(16)5-4-10(15)14(13)17;;/h4-5,12,18H,2-3,6-9H2,1H3;2*1H/t12-;;/m0../s1. The number of nitrogens with one attached hydrogen (secondary N) is 1. The van der Waals surface area contributed by atoms with Crippen LogP contribution < -0.4 is 5.32 Å². The molecule has 1 aliphatic rings. The summed E-state index contributed by atoms with van der Waals surface area (Å²) in [6.45, 7) is 5.33. The van der Waals surface area contributed by atoms with Gasteiger partial charge >= 0.3 is 0 Å². The molecule has 1 fully saturated rings. The molecule has 1 aromatic rings. The Hall–Kier alpha value is -0.130. The zero-order valence-corrected chi connectivity index (χ0v) is 14.3. The monoisotopic (exact) mass is 360 g/mol. The lowest BCUT2D eigenvalue weighted by molar-refractivity contribution is 0.158. The van der Waals surface area contributed by atoms with Gasteiger partial charge in [0.2, 0.25) is 0 Å². The van der Waals surface area contributed by atoms with E-state index in [1.165, 1.54) is 12.1 Å². The second kappa shape index (κ2) is 9.80. The zero-order chi connectivity index (χ0) is 13.8. The summed E-state index contributed by atoms with van der Waals surface area (Å²) in [5, 5.41) is 3.24. The van der Waals surface area contributed by atoms with Crippen LogP contribution in [0.15, 0.2) is 12.1 Å². The predicted molar refractivity (Wildman–Crippen MR) is 88.0 cm³/mol. The van der Waals surface area contributed by atoms with E-state index in [0.29, 0.717) is 0 Å². The molecule has 0 aromatic heterocycles. The molecule has 21 heavy (non-hydrogen) atoms. The number of halogens is 5. The number of benzene rings is 1. The van der Waals surface area contributed by atoms with E-state index in [9.17, 15) is 8.78 Å². The van der Waals surface area contributed by atoms with Crippen molar-refractivity contribution in [1.82, 2.24) is 10.2 Å². The molecule has 0 amide bonds. The molecule has 1 N–H and O–H groups in total. The van der Waals surface area contributed by atoms with Crippen molar-refractivity contribution in [1.29, 1.82) is 0 Å². The molecule has 122 valence electrons. The van der Waals surface area contributed by atoms with Crippen LogP contribution in [0.4, 0.5) is 8.78 Å². The minimum Gasteiger partial charge on any atom is -0.314 e. The molecule has 7 heteroatoms. The van der Waals surface area contributed by atoms with Gasteiger partial charge in [0.1, 0.15) is 11.6 Å². The first-order valence-electron chi connectivity index (χ1n) is 6.73. The van der Waals surface area contributed by atoms with E-state index < -0.39 is 11.6 Å². The fourth-order valence-electron chi connectivity index (χ4n) is 2.62. The van der Waals surface area contributed by atoms with Gasteiger partial charge in [0.25, 0.3) is 0 Å². The topological polar surface area (TPSA) is 15.3 Å². The highest BCUT2D eigenvalue weighted by molar-refractivity contribution is 6.30. The molecule has 0 spiro atoms. The van der Waals surface area contributed by atoms with Crippen molar-refractivity contribution < 1.29 is 8.78 Å². The Bertz CT molecular complexity index is 440. The van der Waals surface area contributed by atoms with Gasteiger partial charge in [-0.25, -0.2) is 8.78 Å². The molecule has 0 unspecified atom stereocenters. The second-order valence-electron chi connectivity index (χ2n) is 4.85. The molecule has 1 saturated heterocycles. The van der Waals surface area contributed by atoms with Crippen LogP contribution in [0.25, 0.3) is 0 Å². The van der Waals surface area contributed by atoms with Crippen LogP contribution in [0.3, 0.4) is 0 Å². The van der Waals surface area contributed by atoms with Gasteiger partial charge in [-0.2, -0.15) is 0 Å². The van der Waals surface area contributed by atoms with Gasteiger partial charge in [-0.05, 0) is 18.6 Å². The molecule has 0 radical (unpaired) electrons. The van der Waals surface area contributed by atoms with Gasteiger partial charge in [-0.3, -0.25) is 4.90 Å². The van der Waals surface area contributed by atoms with Crippen molar-refractivity contribution in [3.05, 3.63) is 34.4 Å². The summed E-state index contributed by atoms with van der Waals surface area (Å²) < 4.78 is 28.2. The minimum atomic E-state index is -0.612. The van der Waals surface area contributed by atoms with E-state index in [1.54, 1.807) is 0 Å². The lowest BCUT2D eigenvalue weighted by atomic mass is 9.98. The van der Waals surface area contributed by atoms with Crippen LogP contribution in [-0.2, 0) is 0 Å². The van der Waals surface area contributed by atoms with E-state index in [-0.39, 0.29) is 41.4 Å². The SMILES string of the molecule is CCC[C@@H](c1c(F)ccc(Cl)c1F)N1CCNCC1.Cl.Cl. The van der Waals surface area contributed by atoms with Crippen LogP contribution >= 0.6 is 36.4 Å². The maximum atomic E-state index is 14.2. The molecular formula is C14H21Cl3F2N2. The molecule has 1 aromatic carbocycles. The van der Waals surface area contributed by atoms with Crippen molar-refractivity contribution in [2.24, 2.45) is 0 Å². The van der Waals surface area contributed by atoms with Crippen molar-refractivity contribution in [2.75, 3.05) is 26.2 Å². The summed E-state index contributed by atoms with van der Waals surface area (Å²) in [6.07, 6.45) is 1.61. The van der Waals surface area contributed by atoms with Crippen LogP contribution in [0.1, 0.15) is 31.4 Å². The van der Waals surface area contributed by atoms with Crippen molar-refractivity contribution in [2.45, 2.75) is 25.8 Å². The normalized spacial score (nSPS) is 16.8. The molecule has 0 bridgehead atoms. The van der Waals surface area contributed by atoms with Crippen molar-refractivity contribution >= 4 is 36.4 Å². The third-order valence-electron chi connectivity index (χ3n) is 3.57. The van der Waals surface area contributed by atoms with Gasteiger partial charge in [-0.15, -0.1) is 24.8 Å². The summed E-state index contributed by atoms with van der Waals surface area (Å²) in [7, 11) is 0. The zero-order valence-electron chi connectivity index (χ0n) is 11.9. The molecule has 2 nitrogen and oxygen atoms in total. The third kappa shape index (κ3) is 4.93. The van der Waals surface area contributed by atoms with E-state index in [1.807, 2.05) is 6.92 Å². The fourth-order valence-corrected chi connectivity index (χ4v) is 2.79. The second-order valence-corrected chi connectivity index (χ2v) is 5.25. The molecule has 1 heterocycles. The summed E-state index contributed by atoms with van der Waals surface area (Å²) in [6, 6.07) is 2.30. The Morgan fingerprint density at radius 1 is 1.24 bits per heavy atom. The Labute approximate surface area is 142 Å². The van der Waals surface area contributed by atoms with Crippen molar-refractivity contribution in [3.8, 4) is 0 Å². The first-order valence-corrected chi connectivity index (χ1v) is 7.11. The highest BCUT2D eigenvalue weighted by Gasteiger charge is 2.27. The number of rotatable bonds is 4. The summed E-state index contributed by atoms with van der Waals surface area (Å²) in [5.74, 6) is -1.11. The van der Waals surface area contributed by atoms with Gasteiger partial charge in [0.15, 0.2) is 0 Å². The van der Waals surface area contributed by atoms with Crippen LogP contribution in [0.2, 0.25) is 5.02 Å². The summed E-state index contributed by atoms with van der Waals surface area (Å²) >= 11 is 5.80. The predicted octanol–water partition coefficient (Wildman–Crippen LogP) is 4.21. The van der Waals surface area contributed by atoms with Crippen LogP contribution in [0, 0.1) is 11.6 Å². The average molecular weight is 362 g/mol. The van der Waals surface area contributed by atoms with Gasteiger partial charge in [0.05, 0.1) is 5.02 Å². The number of hydrogen-bond acceptors (Lipinski definition) is 2. The lowest BCUT2D eigenvalue weighted by Crippen LogP contribution is -2.45. The van der Waals surface area contributed by atoms with Gasteiger partial charge < -0.3 is 5.32 Å². The maximum Gasteiger partial charge on any atom is 0.149 e. The molecule has 0 aliphatic carbocycles. The summed E-state index contributed by atoms with van der Waals surface area (Å²) in [5.41, 5.74) is 0.122. The van der Waals surface area contributed by atoms with Gasteiger partial charge in [-0.1, -0.05) is 24.9 Å². The van der Waals surface area contributed by atoms with E-state index in [0.717, 1.165) is 39.0 Å². The third-order valence-corrected chi connectivity index (χ3v) is 3.86. The molecule has 2 rings (SSSR count). The molecule has 1 aliphatic heterocycles. The Morgan fingerprint density at radius 3 is 2.43 bits per heavy atom. The van der Waals surface area contributed by atoms with Crippen LogP contribution in [-0.4, -0.2) is 31.1 Å². The summed E-state index contributed by atoms with van der Waals surface area (Å²) in [4.78, 5) is 2.14. The van der Waals surface area contributed by atoms with Crippen molar-refractivity contribution in [3.63, 3.8) is 0 Å². The molecule has 0 saturated carbocycles. The number of nitrogens with zero attached hydrogens (tertiary/aromatic N) is 1. The first-order chi connectivity index (χ1) is 9.15. The smallest absolute Gasteiger partial charge is 0.149 e. The highest BCUT2D eigenvalue weighted by Crippen LogP contribution is 2.33. The van der Waals surface area contributed by atoms with E-state index in [4.69, 9.17) is 11.6 Å². The fraction of sp³-hybridized carbons (Fsp3) is 0.571. The maximum absolute atomic E-state index is 14.2. The first kappa shape index (κ1) is 20.9. The molecular weight excluding hydrogens is 341 g/mol. The average Bonchev–Trinajstić information content (AvgIpc) is 2.43.